The number of hydrogen-bond donors (Lipinski definition) is 0. The van der Waals surface area contributed by atoms with E-state index in [0.29, 0.717) is 11.6 Å². The van der Waals surface area contributed by atoms with Crippen LogP contribution in [0.4, 0.5) is 0 Å². The first-order chi connectivity index (χ1) is 14.7. The molecule has 0 radical (unpaired) electrons. The molecule has 30 heavy (non-hydrogen) atoms. The van der Waals surface area contributed by atoms with E-state index in [-0.39, 0.29) is 0 Å². The van der Waals surface area contributed by atoms with Gasteiger partial charge in [0.25, 0.3) is 0 Å². The average Bonchev–Trinajstić information content (AvgIpc) is 3.40. The van der Waals surface area contributed by atoms with E-state index in [9.17, 15) is 0 Å². The van der Waals surface area contributed by atoms with E-state index in [4.69, 9.17) is 9.26 Å². The van der Waals surface area contributed by atoms with Crippen molar-refractivity contribution in [2.24, 2.45) is 0 Å². The quantitative estimate of drug-likeness (QED) is 0.375. The zero-order chi connectivity index (χ0) is 20.9. The Kier molecular flexibility index (Phi) is 6.13. The lowest BCUT2D eigenvalue weighted by atomic mass is 10.1. The van der Waals surface area contributed by atoms with Crippen molar-refractivity contribution in [2.45, 2.75) is 37.6 Å². The van der Waals surface area contributed by atoms with Gasteiger partial charge in [0.05, 0.1) is 18.4 Å². The molecule has 2 aromatic carbocycles. The first-order valence-corrected chi connectivity index (χ1v) is 10.8. The van der Waals surface area contributed by atoms with Crippen molar-refractivity contribution in [2.75, 3.05) is 7.11 Å². The number of aryl methyl sites for hydroxylation is 2. The molecule has 2 heterocycles. The predicted molar refractivity (Wildman–Crippen MR) is 116 cm³/mol. The molecular formula is C22H23N5O2S. The number of rotatable bonds is 8. The maximum Gasteiger partial charge on any atom is 0.237 e. The molecule has 0 aliphatic heterocycles. The monoisotopic (exact) mass is 421 g/mol. The molecule has 8 heteroatoms. The number of hydrogen-bond acceptors (Lipinski definition) is 7. The molecule has 0 bridgehead atoms. The molecule has 7 nitrogen and oxygen atoms in total. The normalized spacial score (nSPS) is 11.0. The van der Waals surface area contributed by atoms with Crippen LogP contribution in [-0.4, -0.2) is 32.0 Å². The van der Waals surface area contributed by atoms with E-state index < -0.39 is 0 Å². The number of thioether (sulfide) groups is 1. The van der Waals surface area contributed by atoms with Gasteiger partial charge in [0, 0.05) is 12.1 Å². The lowest BCUT2D eigenvalue weighted by Gasteiger charge is -2.12. The van der Waals surface area contributed by atoms with Crippen molar-refractivity contribution < 1.29 is 9.26 Å². The highest BCUT2D eigenvalue weighted by Gasteiger charge is 2.19. The van der Waals surface area contributed by atoms with Gasteiger partial charge in [-0.15, -0.1) is 10.2 Å². The highest BCUT2D eigenvalue weighted by atomic mass is 32.2. The summed E-state index contributed by atoms with van der Waals surface area (Å²) in [7, 11) is 1.66. The lowest BCUT2D eigenvalue weighted by molar-refractivity contribution is 0.384. The van der Waals surface area contributed by atoms with Crippen LogP contribution in [0, 0.1) is 6.92 Å². The molecule has 0 aliphatic rings. The van der Waals surface area contributed by atoms with Gasteiger partial charge in [-0.3, -0.25) is 4.57 Å². The highest BCUT2D eigenvalue weighted by molar-refractivity contribution is 7.98. The van der Waals surface area contributed by atoms with Gasteiger partial charge in [-0.05, 0) is 37.6 Å². The second-order valence-corrected chi connectivity index (χ2v) is 7.76. The number of aromatic nitrogens is 5. The molecule has 0 saturated heterocycles. The Balaban J connectivity index is 1.71. The van der Waals surface area contributed by atoms with Crippen molar-refractivity contribution in [3.05, 3.63) is 65.8 Å². The molecule has 0 saturated carbocycles. The minimum Gasteiger partial charge on any atom is -0.496 e. The zero-order valence-corrected chi connectivity index (χ0v) is 18.0. The summed E-state index contributed by atoms with van der Waals surface area (Å²) >= 11 is 1.51. The topological polar surface area (TPSA) is 78.9 Å². The van der Waals surface area contributed by atoms with Gasteiger partial charge in [-0.1, -0.05) is 53.7 Å². The van der Waals surface area contributed by atoms with Gasteiger partial charge >= 0.3 is 0 Å². The summed E-state index contributed by atoms with van der Waals surface area (Å²) in [6, 6.07) is 16.1. The number of benzene rings is 2. The molecule has 0 atom stereocenters. The molecule has 0 amide bonds. The molecule has 0 spiro atoms. The first-order valence-electron chi connectivity index (χ1n) is 9.79. The summed E-state index contributed by atoms with van der Waals surface area (Å²) in [6.45, 7) is 4.16. The first kappa shape index (κ1) is 20.2. The third kappa shape index (κ3) is 4.23. The fourth-order valence-corrected chi connectivity index (χ4v) is 3.88. The van der Waals surface area contributed by atoms with Crippen LogP contribution in [0.15, 0.2) is 58.2 Å². The number of nitrogens with zero attached hydrogens (tertiary/aromatic N) is 5. The van der Waals surface area contributed by atoms with Crippen LogP contribution in [0.25, 0.3) is 17.1 Å². The average molecular weight is 422 g/mol. The van der Waals surface area contributed by atoms with E-state index >= 15 is 0 Å². The molecule has 4 rings (SSSR count). The van der Waals surface area contributed by atoms with E-state index in [2.05, 4.69) is 58.5 Å². The summed E-state index contributed by atoms with van der Waals surface area (Å²) in [5, 5.41) is 13.7. The zero-order valence-electron chi connectivity index (χ0n) is 17.2. The molecule has 4 aromatic rings. The minimum absolute atomic E-state index is 0.520. The van der Waals surface area contributed by atoms with Gasteiger partial charge in [0.2, 0.25) is 5.89 Å². The van der Waals surface area contributed by atoms with Crippen molar-refractivity contribution >= 4 is 11.8 Å². The van der Waals surface area contributed by atoms with Crippen LogP contribution in [-0.2, 0) is 12.2 Å². The third-order valence-corrected chi connectivity index (χ3v) is 5.50. The molecule has 154 valence electrons. The van der Waals surface area contributed by atoms with E-state index in [1.165, 1.54) is 17.3 Å². The fourth-order valence-electron chi connectivity index (χ4n) is 3.09. The summed E-state index contributed by atoms with van der Waals surface area (Å²) in [5.74, 6) is 3.31. The maximum absolute atomic E-state index is 5.55. The standard InChI is InChI=1S/C22H23N5O2S/c1-4-7-19-23-20(29-26-19)14-30-22-25-24-21(17-8-5-6-9-18(17)28-3)27(22)16-12-10-15(2)11-13-16/h5-6,8-13H,4,7,14H2,1-3H3. The van der Waals surface area contributed by atoms with Crippen LogP contribution >= 0.6 is 11.8 Å². The van der Waals surface area contributed by atoms with Crippen LogP contribution in [0.5, 0.6) is 5.75 Å². The van der Waals surface area contributed by atoms with Crippen molar-refractivity contribution in [1.82, 2.24) is 24.9 Å². The Morgan fingerprint density at radius 3 is 2.63 bits per heavy atom. The smallest absolute Gasteiger partial charge is 0.237 e. The van der Waals surface area contributed by atoms with Gasteiger partial charge in [-0.25, -0.2) is 0 Å². The van der Waals surface area contributed by atoms with E-state index in [1.54, 1.807) is 7.11 Å². The second kappa shape index (κ2) is 9.13. The summed E-state index contributed by atoms with van der Waals surface area (Å²) in [5.41, 5.74) is 3.04. The molecule has 2 aromatic heterocycles. The van der Waals surface area contributed by atoms with Gasteiger partial charge in [0.15, 0.2) is 16.8 Å². The SMILES string of the molecule is CCCc1noc(CSc2nnc(-c3ccccc3OC)n2-c2ccc(C)cc2)n1. The van der Waals surface area contributed by atoms with Crippen LogP contribution in [0.2, 0.25) is 0 Å². The van der Waals surface area contributed by atoms with Crippen LogP contribution < -0.4 is 4.74 Å². The Bertz CT molecular complexity index is 1120. The van der Waals surface area contributed by atoms with Gasteiger partial charge in [0.1, 0.15) is 5.75 Å². The number of methoxy groups -OCH3 is 1. The van der Waals surface area contributed by atoms with Crippen molar-refractivity contribution in [3.63, 3.8) is 0 Å². The fraction of sp³-hybridized carbons (Fsp3) is 0.273. The molecule has 0 fully saturated rings. The van der Waals surface area contributed by atoms with E-state index in [1.807, 2.05) is 28.8 Å². The molecule has 0 unspecified atom stereocenters. The largest absolute Gasteiger partial charge is 0.496 e. The highest BCUT2D eigenvalue weighted by Crippen LogP contribution is 2.34. The predicted octanol–water partition coefficient (Wildman–Crippen LogP) is 4.88. The number of ether oxygens (including phenoxy) is 1. The van der Waals surface area contributed by atoms with Gasteiger partial charge < -0.3 is 9.26 Å². The summed E-state index contributed by atoms with van der Waals surface area (Å²) in [6.07, 6.45) is 1.79. The lowest BCUT2D eigenvalue weighted by Crippen LogP contribution is -2.01. The summed E-state index contributed by atoms with van der Waals surface area (Å²) in [4.78, 5) is 4.45. The van der Waals surface area contributed by atoms with Crippen molar-refractivity contribution in [3.8, 4) is 22.8 Å². The third-order valence-electron chi connectivity index (χ3n) is 4.58. The molecular weight excluding hydrogens is 398 g/mol. The molecule has 0 aliphatic carbocycles. The molecule has 0 N–H and O–H groups in total. The van der Waals surface area contributed by atoms with Crippen molar-refractivity contribution in [1.29, 1.82) is 0 Å². The summed E-state index contributed by atoms with van der Waals surface area (Å²) < 4.78 is 13.0. The second-order valence-electron chi connectivity index (χ2n) is 6.82. The van der Waals surface area contributed by atoms with Crippen LogP contribution in [0.3, 0.4) is 0 Å². The number of para-hydroxylation sites is 1. The Morgan fingerprint density at radius 2 is 1.87 bits per heavy atom. The Labute approximate surface area is 179 Å². The maximum atomic E-state index is 5.55. The van der Waals surface area contributed by atoms with E-state index in [0.717, 1.165) is 46.6 Å². The Morgan fingerprint density at radius 1 is 1.07 bits per heavy atom. The van der Waals surface area contributed by atoms with Gasteiger partial charge in [-0.2, -0.15) is 4.98 Å². The van der Waals surface area contributed by atoms with Crippen LogP contribution in [0.1, 0.15) is 30.6 Å². The Hall–Kier alpha value is -3.13. The minimum atomic E-state index is 0.520.